The standard InChI is InChI=1S/C12H20N4O/c17-10-1-2-11-14-15-12(16(11)8-10)7-9-3-5-13-6-4-9/h9-10,13,17H,1-8H2. The van der Waals surface area contributed by atoms with Crippen molar-refractivity contribution in [3.05, 3.63) is 11.6 Å². The molecule has 1 aromatic rings. The second-order valence-electron chi connectivity index (χ2n) is 5.23. The Morgan fingerprint density at radius 1 is 1.24 bits per heavy atom. The Hall–Kier alpha value is -0.940. The van der Waals surface area contributed by atoms with Crippen LogP contribution in [0.2, 0.25) is 0 Å². The number of fused-ring (bicyclic) bond motifs is 1. The summed E-state index contributed by atoms with van der Waals surface area (Å²) in [4.78, 5) is 0. The third kappa shape index (κ3) is 2.35. The Balaban J connectivity index is 1.72. The van der Waals surface area contributed by atoms with E-state index < -0.39 is 0 Å². The number of hydrogen-bond donors (Lipinski definition) is 2. The quantitative estimate of drug-likeness (QED) is 0.766. The average Bonchev–Trinajstić information content (AvgIpc) is 2.73. The lowest BCUT2D eigenvalue weighted by atomic mass is 9.94. The summed E-state index contributed by atoms with van der Waals surface area (Å²) in [5.74, 6) is 2.86. The van der Waals surface area contributed by atoms with Gasteiger partial charge in [-0.1, -0.05) is 0 Å². The minimum atomic E-state index is -0.217. The zero-order valence-electron chi connectivity index (χ0n) is 10.1. The number of hydrogen-bond acceptors (Lipinski definition) is 4. The van der Waals surface area contributed by atoms with Crippen molar-refractivity contribution in [3.63, 3.8) is 0 Å². The Bertz CT molecular complexity index is 384. The molecule has 1 atom stereocenters. The van der Waals surface area contributed by atoms with Crippen molar-refractivity contribution in [3.8, 4) is 0 Å². The molecule has 0 saturated carbocycles. The minimum Gasteiger partial charge on any atom is -0.391 e. The fraction of sp³-hybridized carbons (Fsp3) is 0.833. The van der Waals surface area contributed by atoms with E-state index in [0.717, 1.165) is 49.9 Å². The average molecular weight is 236 g/mol. The molecular weight excluding hydrogens is 216 g/mol. The molecule has 2 aliphatic heterocycles. The molecule has 5 heteroatoms. The first-order chi connectivity index (χ1) is 8.33. The molecule has 0 aliphatic carbocycles. The van der Waals surface area contributed by atoms with E-state index in [2.05, 4.69) is 20.1 Å². The molecule has 2 aliphatic rings. The van der Waals surface area contributed by atoms with Crippen LogP contribution in [0.5, 0.6) is 0 Å². The van der Waals surface area contributed by atoms with Gasteiger partial charge in [-0.15, -0.1) is 10.2 Å². The topological polar surface area (TPSA) is 63.0 Å². The van der Waals surface area contributed by atoms with Gasteiger partial charge >= 0.3 is 0 Å². The molecule has 17 heavy (non-hydrogen) atoms. The molecule has 1 saturated heterocycles. The zero-order chi connectivity index (χ0) is 11.7. The van der Waals surface area contributed by atoms with Crippen LogP contribution in [0.25, 0.3) is 0 Å². The van der Waals surface area contributed by atoms with Gasteiger partial charge in [0.05, 0.1) is 12.6 Å². The molecule has 1 unspecified atom stereocenters. The molecule has 3 heterocycles. The van der Waals surface area contributed by atoms with Gasteiger partial charge in [-0.25, -0.2) is 0 Å². The van der Waals surface area contributed by atoms with Gasteiger partial charge in [0.1, 0.15) is 11.6 Å². The summed E-state index contributed by atoms with van der Waals surface area (Å²) in [5, 5.41) is 21.6. The highest BCUT2D eigenvalue weighted by Gasteiger charge is 2.23. The lowest BCUT2D eigenvalue weighted by Crippen LogP contribution is -2.30. The van der Waals surface area contributed by atoms with Crippen LogP contribution >= 0.6 is 0 Å². The summed E-state index contributed by atoms with van der Waals surface area (Å²) < 4.78 is 2.14. The number of piperidine rings is 1. The van der Waals surface area contributed by atoms with E-state index in [1.165, 1.54) is 12.8 Å². The second kappa shape index (κ2) is 4.74. The van der Waals surface area contributed by atoms with E-state index in [1.54, 1.807) is 0 Å². The monoisotopic (exact) mass is 236 g/mol. The van der Waals surface area contributed by atoms with E-state index in [-0.39, 0.29) is 6.10 Å². The van der Waals surface area contributed by atoms with Crippen LogP contribution in [0.4, 0.5) is 0 Å². The maximum atomic E-state index is 9.72. The van der Waals surface area contributed by atoms with E-state index in [4.69, 9.17) is 0 Å². The molecule has 1 fully saturated rings. The predicted octanol–water partition coefficient (Wildman–Crippen LogP) is 0.127. The summed E-state index contributed by atoms with van der Waals surface area (Å²) >= 11 is 0. The molecule has 2 N–H and O–H groups in total. The van der Waals surface area contributed by atoms with Gasteiger partial charge in [-0.3, -0.25) is 0 Å². The predicted molar refractivity (Wildman–Crippen MR) is 63.6 cm³/mol. The van der Waals surface area contributed by atoms with Crippen molar-refractivity contribution < 1.29 is 5.11 Å². The summed E-state index contributed by atoms with van der Waals surface area (Å²) in [5.41, 5.74) is 0. The molecule has 0 bridgehead atoms. The van der Waals surface area contributed by atoms with Crippen molar-refractivity contribution in [1.29, 1.82) is 0 Å². The number of nitrogens with zero attached hydrogens (tertiary/aromatic N) is 3. The summed E-state index contributed by atoms with van der Waals surface area (Å²) in [7, 11) is 0. The van der Waals surface area contributed by atoms with E-state index in [9.17, 15) is 5.11 Å². The van der Waals surface area contributed by atoms with Crippen LogP contribution in [-0.4, -0.2) is 39.1 Å². The first-order valence-electron chi connectivity index (χ1n) is 6.62. The smallest absolute Gasteiger partial charge is 0.133 e. The van der Waals surface area contributed by atoms with Gasteiger partial charge in [-0.05, 0) is 38.3 Å². The Morgan fingerprint density at radius 2 is 2.06 bits per heavy atom. The van der Waals surface area contributed by atoms with Gasteiger partial charge in [0.15, 0.2) is 0 Å². The maximum absolute atomic E-state index is 9.72. The van der Waals surface area contributed by atoms with Crippen LogP contribution in [0.1, 0.15) is 30.9 Å². The highest BCUT2D eigenvalue weighted by molar-refractivity contribution is 5.01. The second-order valence-corrected chi connectivity index (χ2v) is 5.23. The SMILES string of the molecule is OC1CCc2nnc(CC3CCNCC3)n2C1. The van der Waals surface area contributed by atoms with E-state index in [1.807, 2.05) is 0 Å². The Morgan fingerprint density at radius 3 is 2.88 bits per heavy atom. The minimum absolute atomic E-state index is 0.217. The first-order valence-corrected chi connectivity index (χ1v) is 6.62. The lowest BCUT2D eigenvalue weighted by molar-refractivity contribution is 0.128. The van der Waals surface area contributed by atoms with Crippen LogP contribution in [0.15, 0.2) is 0 Å². The molecule has 0 amide bonds. The van der Waals surface area contributed by atoms with Crippen molar-refractivity contribution >= 4 is 0 Å². The van der Waals surface area contributed by atoms with Crippen LogP contribution in [0, 0.1) is 5.92 Å². The highest BCUT2D eigenvalue weighted by Crippen LogP contribution is 2.20. The van der Waals surface area contributed by atoms with Crippen LogP contribution in [-0.2, 0) is 19.4 Å². The van der Waals surface area contributed by atoms with Crippen LogP contribution in [0.3, 0.4) is 0 Å². The number of rotatable bonds is 2. The van der Waals surface area contributed by atoms with E-state index in [0.29, 0.717) is 6.54 Å². The maximum Gasteiger partial charge on any atom is 0.133 e. The molecule has 1 aromatic heterocycles. The van der Waals surface area contributed by atoms with Gasteiger partial charge < -0.3 is 15.0 Å². The molecule has 94 valence electrons. The van der Waals surface area contributed by atoms with Crippen molar-refractivity contribution in [2.24, 2.45) is 5.92 Å². The largest absolute Gasteiger partial charge is 0.391 e. The lowest BCUT2D eigenvalue weighted by Gasteiger charge is -2.24. The fourth-order valence-electron chi connectivity index (χ4n) is 2.86. The molecule has 0 aromatic carbocycles. The summed E-state index contributed by atoms with van der Waals surface area (Å²) in [6.45, 7) is 2.92. The van der Waals surface area contributed by atoms with Crippen molar-refractivity contribution in [2.45, 2.75) is 44.8 Å². The first kappa shape index (κ1) is 11.2. The molecule has 3 rings (SSSR count). The van der Waals surface area contributed by atoms with Gasteiger partial charge in [-0.2, -0.15) is 0 Å². The third-order valence-corrected chi connectivity index (χ3v) is 3.93. The van der Waals surface area contributed by atoms with Gasteiger partial charge in [0.25, 0.3) is 0 Å². The third-order valence-electron chi connectivity index (χ3n) is 3.93. The number of nitrogens with one attached hydrogen (secondary N) is 1. The normalized spacial score (nSPS) is 25.8. The summed E-state index contributed by atoms with van der Waals surface area (Å²) in [6, 6.07) is 0. The summed E-state index contributed by atoms with van der Waals surface area (Å²) in [6.07, 6.45) is 4.94. The fourth-order valence-corrected chi connectivity index (χ4v) is 2.86. The Labute approximate surface area is 101 Å². The zero-order valence-corrected chi connectivity index (χ0v) is 10.1. The number of aliphatic hydroxyl groups excluding tert-OH is 1. The highest BCUT2D eigenvalue weighted by atomic mass is 16.3. The number of aryl methyl sites for hydroxylation is 1. The molecular formula is C12H20N4O. The molecule has 0 radical (unpaired) electrons. The van der Waals surface area contributed by atoms with Crippen molar-refractivity contribution in [2.75, 3.05) is 13.1 Å². The Kier molecular flexibility index (Phi) is 3.11. The van der Waals surface area contributed by atoms with Crippen LogP contribution < -0.4 is 5.32 Å². The number of aliphatic hydroxyl groups is 1. The number of aromatic nitrogens is 3. The van der Waals surface area contributed by atoms with E-state index >= 15 is 0 Å². The van der Waals surface area contributed by atoms with Crippen molar-refractivity contribution in [1.82, 2.24) is 20.1 Å². The van der Waals surface area contributed by atoms with Gasteiger partial charge in [0, 0.05) is 12.8 Å². The molecule has 0 spiro atoms. The molecule has 5 nitrogen and oxygen atoms in total. The van der Waals surface area contributed by atoms with Gasteiger partial charge in [0.2, 0.25) is 0 Å².